The van der Waals surface area contributed by atoms with Gasteiger partial charge in [-0.15, -0.1) is 11.3 Å². The number of benzene rings is 1. The van der Waals surface area contributed by atoms with E-state index in [1.54, 1.807) is 6.07 Å². The molecule has 0 spiro atoms. The summed E-state index contributed by atoms with van der Waals surface area (Å²) >= 11 is 7.24. The van der Waals surface area contributed by atoms with Crippen molar-refractivity contribution in [1.82, 2.24) is 0 Å². The summed E-state index contributed by atoms with van der Waals surface area (Å²) in [6, 6.07) is 11.1. The quantitative estimate of drug-likeness (QED) is 0.912. The molecule has 0 aliphatic carbocycles. The van der Waals surface area contributed by atoms with Crippen LogP contribution in [0.1, 0.15) is 23.5 Å². The second-order valence-electron chi connectivity index (χ2n) is 3.55. The van der Waals surface area contributed by atoms with Gasteiger partial charge >= 0.3 is 0 Å². The standard InChI is InChI=1S/C13H13ClO2S/c1-2-16-10-5-3-4-9(8-10)13(15)11-6-7-12(14)17-11/h3-8,13,15H,2H2,1H3. The third-order valence-corrected chi connectivity index (χ3v) is 3.63. The minimum Gasteiger partial charge on any atom is -0.494 e. The first-order chi connectivity index (χ1) is 8.20. The zero-order chi connectivity index (χ0) is 12.3. The van der Waals surface area contributed by atoms with Crippen molar-refractivity contribution in [2.24, 2.45) is 0 Å². The molecule has 0 radical (unpaired) electrons. The molecule has 1 aromatic carbocycles. The summed E-state index contributed by atoms with van der Waals surface area (Å²) in [5.41, 5.74) is 0.814. The van der Waals surface area contributed by atoms with Gasteiger partial charge in [-0.05, 0) is 36.8 Å². The van der Waals surface area contributed by atoms with Crippen LogP contribution >= 0.6 is 22.9 Å². The van der Waals surface area contributed by atoms with Crippen LogP contribution in [0.3, 0.4) is 0 Å². The Labute approximate surface area is 109 Å². The highest BCUT2D eigenvalue weighted by Gasteiger charge is 2.13. The van der Waals surface area contributed by atoms with E-state index in [9.17, 15) is 5.11 Å². The number of aliphatic hydroxyl groups excluding tert-OH is 1. The number of hydrogen-bond donors (Lipinski definition) is 1. The Bertz CT molecular complexity index is 496. The van der Waals surface area contributed by atoms with Crippen molar-refractivity contribution in [3.8, 4) is 5.75 Å². The number of halogens is 1. The highest BCUT2D eigenvalue weighted by molar-refractivity contribution is 7.16. The predicted octanol–water partition coefficient (Wildman–Crippen LogP) is 3.88. The summed E-state index contributed by atoms with van der Waals surface area (Å²) in [5.74, 6) is 0.770. The summed E-state index contributed by atoms with van der Waals surface area (Å²) < 4.78 is 6.08. The van der Waals surface area contributed by atoms with E-state index in [1.165, 1.54) is 11.3 Å². The number of ether oxygens (including phenoxy) is 1. The van der Waals surface area contributed by atoms with E-state index in [1.807, 2.05) is 37.3 Å². The second kappa shape index (κ2) is 5.54. The van der Waals surface area contributed by atoms with Gasteiger partial charge in [0, 0.05) is 4.88 Å². The summed E-state index contributed by atoms with van der Waals surface area (Å²) in [7, 11) is 0. The molecule has 4 heteroatoms. The molecule has 1 unspecified atom stereocenters. The van der Waals surface area contributed by atoms with Gasteiger partial charge in [0.25, 0.3) is 0 Å². The molecule has 1 heterocycles. The molecular weight excluding hydrogens is 256 g/mol. The lowest BCUT2D eigenvalue weighted by Crippen LogP contribution is -1.98. The van der Waals surface area contributed by atoms with Crippen molar-refractivity contribution in [2.75, 3.05) is 6.61 Å². The number of rotatable bonds is 4. The predicted molar refractivity (Wildman–Crippen MR) is 71.0 cm³/mol. The van der Waals surface area contributed by atoms with Crippen molar-refractivity contribution in [1.29, 1.82) is 0 Å². The van der Waals surface area contributed by atoms with Gasteiger partial charge in [-0.3, -0.25) is 0 Å². The van der Waals surface area contributed by atoms with Crippen LogP contribution < -0.4 is 4.74 Å². The minimum absolute atomic E-state index is 0.615. The molecule has 0 fully saturated rings. The molecule has 0 saturated heterocycles. The summed E-state index contributed by atoms with van der Waals surface area (Å²) in [5, 5.41) is 10.2. The van der Waals surface area contributed by atoms with Crippen molar-refractivity contribution < 1.29 is 9.84 Å². The van der Waals surface area contributed by atoms with Crippen molar-refractivity contribution in [2.45, 2.75) is 13.0 Å². The van der Waals surface area contributed by atoms with E-state index in [2.05, 4.69) is 0 Å². The molecule has 17 heavy (non-hydrogen) atoms. The van der Waals surface area contributed by atoms with Gasteiger partial charge in [-0.25, -0.2) is 0 Å². The van der Waals surface area contributed by atoms with Crippen molar-refractivity contribution >= 4 is 22.9 Å². The zero-order valence-corrected chi connectivity index (χ0v) is 11.0. The molecule has 1 N–H and O–H groups in total. The molecule has 0 aliphatic rings. The lowest BCUT2D eigenvalue weighted by molar-refractivity contribution is 0.223. The topological polar surface area (TPSA) is 29.5 Å². The van der Waals surface area contributed by atoms with Crippen LogP contribution in [0.25, 0.3) is 0 Å². The van der Waals surface area contributed by atoms with Gasteiger partial charge in [0.05, 0.1) is 10.9 Å². The molecule has 0 amide bonds. The number of aliphatic hydroxyl groups is 1. The van der Waals surface area contributed by atoms with Gasteiger partial charge in [0.15, 0.2) is 0 Å². The number of thiophene rings is 1. The lowest BCUT2D eigenvalue weighted by Gasteiger charge is -2.10. The van der Waals surface area contributed by atoms with Gasteiger partial charge in [-0.1, -0.05) is 23.7 Å². The molecule has 0 bridgehead atoms. The first-order valence-corrected chi connectivity index (χ1v) is 6.56. The van der Waals surface area contributed by atoms with Crippen LogP contribution in [0.2, 0.25) is 4.34 Å². The lowest BCUT2D eigenvalue weighted by atomic mass is 10.1. The summed E-state index contributed by atoms with van der Waals surface area (Å²) in [6.45, 7) is 2.55. The Balaban J connectivity index is 2.24. The Morgan fingerprint density at radius 2 is 2.18 bits per heavy atom. The minimum atomic E-state index is -0.645. The van der Waals surface area contributed by atoms with Crippen LogP contribution in [0.4, 0.5) is 0 Å². The summed E-state index contributed by atoms with van der Waals surface area (Å²) in [6.07, 6.45) is -0.645. The van der Waals surface area contributed by atoms with E-state index in [4.69, 9.17) is 16.3 Å². The second-order valence-corrected chi connectivity index (χ2v) is 5.30. The highest BCUT2D eigenvalue weighted by atomic mass is 35.5. The number of hydrogen-bond acceptors (Lipinski definition) is 3. The average Bonchev–Trinajstić information content (AvgIpc) is 2.76. The average molecular weight is 269 g/mol. The Hall–Kier alpha value is -1.03. The molecule has 2 rings (SSSR count). The highest BCUT2D eigenvalue weighted by Crippen LogP contribution is 2.31. The van der Waals surface area contributed by atoms with Crippen LogP contribution in [-0.2, 0) is 0 Å². The van der Waals surface area contributed by atoms with Gasteiger partial charge in [0.1, 0.15) is 11.9 Å². The Kier molecular flexibility index (Phi) is 4.05. The maximum atomic E-state index is 10.2. The smallest absolute Gasteiger partial charge is 0.119 e. The third kappa shape index (κ3) is 3.00. The van der Waals surface area contributed by atoms with Gasteiger partial charge in [-0.2, -0.15) is 0 Å². The van der Waals surface area contributed by atoms with E-state index < -0.39 is 6.10 Å². The normalized spacial score (nSPS) is 12.4. The molecule has 1 aromatic heterocycles. The largest absolute Gasteiger partial charge is 0.494 e. The third-order valence-electron chi connectivity index (χ3n) is 2.35. The first kappa shape index (κ1) is 12.4. The van der Waals surface area contributed by atoms with Gasteiger partial charge < -0.3 is 9.84 Å². The fourth-order valence-electron chi connectivity index (χ4n) is 1.58. The Morgan fingerprint density at radius 1 is 1.35 bits per heavy atom. The fraction of sp³-hybridized carbons (Fsp3) is 0.231. The van der Waals surface area contributed by atoms with Crippen LogP contribution in [0, 0.1) is 0 Å². The first-order valence-electron chi connectivity index (χ1n) is 5.36. The van der Waals surface area contributed by atoms with Gasteiger partial charge in [0.2, 0.25) is 0 Å². The van der Waals surface area contributed by atoms with Crippen molar-refractivity contribution in [3.05, 3.63) is 51.2 Å². The van der Waals surface area contributed by atoms with E-state index >= 15 is 0 Å². The molecule has 0 saturated carbocycles. The van der Waals surface area contributed by atoms with Crippen molar-refractivity contribution in [3.63, 3.8) is 0 Å². The zero-order valence-electron chi connectivity index (χ0n) is 9.39. The maximum absolute atomic E-state index is 10.2. The van der Waals surface area contributed by atoms with E-state index in [0.717, 1.165) is 16.2 Å². The monoisotopic (exact) mass is 268 g/mol. The van der Waals surface area contributed by atoms with Crippen LogP contribution in [0.15, 0.2) is 36.4 Å². The molecule has 2 aromatic rings. The molecular formula is C13H13ClO2S. The van der Waals surface area contributed by atoms with Crippen LogP contribution in [-0.4, -0.2) is 11.7 Å². The molecule has 1 atom stereocenters. The van der Waals surface area contributed by atoms with E-state index in [0.29, 0.717) is 10.9 Å². The fourth-order valence-corrected chi connectivity index (χ4v) is 2.66. The molecule has 90 valence electrons. The Morgan fingerprint density at radius 3 is 2.82 bits per heavy atom. The maximum Gasteiger partial charge on any atom is 0.119 e. The molecule has 2 nitrogen and oxygen atoms in total. The SMILES string of the molecule is CCOc1cccc(C(O)c2ccc(Cl)s2)c1. The van der Waals surface area contributed by atoms with E-state index in [-0.39, 0.29) is 0 Å². The molecule has 0 aliphatic heterocycles. The summed E-state index contributed by atoms with van der Waals surface area (Å²) in [4.78, 5) is 0.837. The van der Waals surface area contributed by atoms with Crippen LogP contribution in [0.5, 0.6) is 5.75 Å².